The summed E-state index contributed by atoms with van der Waals surface area (Å²) in [7, 11) is 0. The Kier molecular flexibility index (Phi) is 4.65. The molecule has 7 nitrogen and oxygen atoms in total. The molecule has 0 bridgehead atoms. The number of ether oxygens (including phenoxy) is 2. The lowest BCUT2D eigenvalue weighted by atomic mass is 10.0. The summed E-state index contributed by atoms with van der Waals surface area (Å²) >= 11 is 0. The Hall–Kier alpha value is -3.35. The quantitative estimate of drug-likeness (QED) is 0.649. The molecule has 30 heavy (non-hydrogen) atoms. The second kappa shape index (κ2) is 7.48. The topological polar surface area (TPSA) is 77.7 Å². The fourth-order valence-electron chi connectivity index (χ4n) is 3.86. The van der Waals surface area contributed by atoms with Crippen molar-refractivity contribution in [1.82, 2.24) is 10.1 Å². The summed E-state index contributed by atoms with van der Waals surface area (Å²) in [5.74, 6) is 2.77. The van der Waals surface area contributed by atoms with Gasteiger partial charge in [-0.3, -0.25) is 4.79 Å². The molecular formula is C23H23N3O4. The van der Waals surface area contributed by atoms with Crippen LogP contribution >= 0.6 is 0 Å². The third kappa shape index (κ3) is 3.40. The Labute approximate surface area is 174 Å². The predicted octanol–water partition coefficient (Wildman–Crippen LogP) is 4.15. The van der Waals surface area contributed by atoms with Crippen LogP contribution < -0.4 is 14.4 Å². The van der Waals surface area contributed by atoms with Gasteiger partial charge in [-0.25, -0.2) is 0 Å². The summed E-state index contributed by atoms with van der Waals surface area (Å²) in [5.41, 5.74) is 2.96. The van der Waals surface area contributed by atoms with Crippen molar-refractivity contribution in [3.63, 3.8) is 0 Å². The Balaban J connectivity index is 1.33. The van der Waals surface area contributed by atoms with Gasteiger partial charge in [-0.2, -0.15) is 4.98 Å². The zero-order valence-electron chi connectivity index (χ0n) is 17.0. The second-order valence-corrected chi connectivity index (χ2v) is 7.97. The van der Waals surface area contributed by atoms with Crippen molar-refractivity contribution < 1.29 is 18.8 Å². The van der Waals surface area contributed by atoms with Crippen LogP contribution in [0.25, 0.3) is 11.4 Å². The van der Waals surface area contributed by atoms with Crippen LogP contribution in [-0.4, -0.2) is 35.8 Å². The maximum absolute atomic E-state index is 12.7. The van der Waals surface area contributed by atoms with E-state index in [0.717, 1.165) is 11.3 Å². The van der Waals surface area contributed by atoms with Crippen LogP contribution in [0.2, 0.25) is 0 Å². The fraction of sp³-hybridized carbons (Fsp3) is 0.348. The van der Waals surface area contributed by atoms with E-state index in [1.807, 2.05) is 30.3 Å². The summed E-state index contributed by atoms with van der Waals surface area (Å²) < 4.78 is 16.7. The number of benzene rings is 2. The monoisotopic (exact) mass is 405 g/mol. The number of carbonyl (C=O) groups excluding carboxylic acids is 1. The number of anilines is 1. The molecule has 0 N–H and O–H groups in total. The summed E-state index contributed by atoms with van der Waals surface area (Å²) in [6, 6.07) is 13.7. The van der Waals surface area contributed by atoms with Gasteiger partial charge in [0.25, 0.3) is 0 Å². The molecule has 1 unspecified atom stereocenters. The van der Waals surface area contributed by atoms with Crippen LogP contribution in [0.4, 0.5) is 5.69 Å². The lowest BCUT2D eigenvalue weighted by Crippen LogP contribution is -2.24. The minimum Gasteiger partial charge on any atom is -0.486 e. The van der Waals surface area contributed by atoms with E-state index in [9.17, 15) is 4.79 Å². The second-order valence-electron chi connectivity index (χ2n) is 7.97. The molecule has 1 amide bonds. The van der Waals surface area contributed by atoms with Crippen molar-refractivity contribution in [1.29, 1.82) is 0 Å². The van der Waals surface area contributed by atoms with Gasteiger partial charge in [-0.05, 0) is 23.6 Å². The number of hydrogen-bond donors (Lipinski definition) is 0. The van der Waals surface area contributed by atoms with Gasteiger partial charge in [0, 0.05) is 30.3 Å². The van der Waals surface area contributed by atoms with Gasteiger partial charge in [0.1, 0.15) is 13.2 Å². The van der Waals surface area contributed by atoms with Gasteiger partial charge in [0.2, 0.25) is 17.6 Å². The normalized spacial score (nSPS) is 18.3. The smallest absolute Gasteiger partial charge is 0.232 e. The highest BCUT2D eigenvalue weighted by molar-refractivity contribution is 5.96. The van der Waals surface area contributed by atoms with Gasteiger partial charge >= 0.3 is 0 Å². The highest BCUT2D eigenvalue weighted by atomic mass is 16.6. The molecule has 5 rings (SSSR count). The number of hydrogen-bond acceptors (Lipinski definition) is 6. The summed E-state index contributed by atoms with van der Waals surface area (Å²) in [4.78, 5) is 19.0. The number of carbonyl (C=O) groups is 1. The molecule has 2 aliphatic rings. The maximum atomic E-state index is 12.7. The molecule has 2 aromatic carbocycles. The lowest BCUT2D eigenvalue weighted by molar-refractivity contribution is -0.117. The number of fused-ring (bicyclic) bond motifs is 1. The summed E-state index contributed by atoms with van der Waals surface area (Å²) in [5, 5.41) is 4.13. The van der Waals surface area contributed by atoms with E-state index < -0.39 is 0 Å². The van der Waals surface area contributed by atoms with E-state index in [4.69, 9.17) is 14.0 Å². The van der Waals surface area contributed by atoms with Crippen molar-refractivity contribution in [2.45, 2.75) is 32.1 Å². The van der Waals surface area contributed by atoms with Crippen LogP contribution in [0.1, 0.15) is 43.6 Å². The minimum atomic E-state index is -0.137. The third-order valence-corrected chi connectivity index (χ3v) is 5.59. The van der Waals surface area contributed by atoms with Gasteiger partial charge in [0.15, 0.2) is 11.5 Å². The first-order valence-electron chi connectivity index (χ1n) is 10.2. The largest absolute Gasteiger partial charge is 0.486 e. The molecule has 0 radical (unpaired) electrons. The summed E-state index contributed by atoms with van der Waals surface area (Å²) in [6.45, 7) is 5.86. The first-order valence-corrected chi connectivity index (χ1v) is 10.2. The fourth-order valence-corrected chi connectivity index (χ4v) is 3.86. The van der Waals surface area contributed by atoms with Crippen molar-refractivity contribution >= 4 is 11.6 Å². The van der Waals surface area contributed by atoms with Crippen molar-refractivity contribution in [3.05, 3.63) is 53.9 Å². The van der Waals surface area contributed by atoms with Crippen molar-refractivity contribution in [2.75, 3.05) is 24.7 Å². The Morgan fingerprint density at radius 1 is 1.03 bits per heavy atom. The van der Waals surface area contributed by atoms with Crippen LogP contribution in [-0.2, 0) is 4.79 Å². The Morgan fingerprint density at radius 2 is 1.80 bits per heavy atom. The molecule has 3 heterocycles. The number of aromatic nitrogens is 2. The Morgan fingerprint density at radius 3 is 2.57 bits per heavy atom. The molecular weight excluding hydrogens is 382 g/mol. The number of nitrogens with zero attached hydrogens (tertiary/aromatic N) is 3. The lowest BCUT2D eigenvalue weighted by Gasteiger charge is -2.22. The minimum absolute atomic E-state index is 0.0257. The van der Waals surface area contributed by atoms with E-state index in [2.05, 4.69) is 36.1 Å². The third-order valence-electron chi connectivity index (χ3n) is 5.59. The van der Waals surface area contributed by atoms with Crippen LogP contribution in [0.3, 0.4) is 0 Å². The molecule has 0 spiro atoms. The number of rotatable bonds is 4. The molecule has 7 heteroatoms. The van der Waals surface area contributed by atoms with E-state index in [-0.39, 0.29) is 11.8 Å². The van der Waals surface area contributed by atoms with Gasteiger partial charge in [-0.1, -0.05) is 43.3 Å². The van der Waals surface area contributed by atoms with Gasteiger partial charge in [-0.15, -0.1) is 0 Å². The zero-order chi connectivity index (χ0) is 20.7. The summed E-state index contributed by atoms with van der Waals surface area (Å²) in [6.07, 6.45) is 0.336. The predicted molar refractivity (Wildman–Crippen MR) is 111 cm³/mol. The molecule has 0 aliphatic carbocycles. The van der Waals surface area contributed by atoms with E-state index in [1.54, 1.807) is 4.90 Å². The van der Waals surface area contributed by atoms with E-state index in [0.29, 0.717) is 55.3 Å². The highest BCUT2D eigenvalue weighted by Gasteiger charge is 2.35. The molecule has 0 saturated carbocycles. The van der Waals surface area contributed by atoms with E-state index in [1.165, 1.54) is 5.56 Å². The SMILES string of the molecule is CC(C)c1ccc(-c2noc(C3CC(=O)N(c4ccc5c(c4)OCCO5)C3)n2)cc1. The van der Waals surface area contributed by atoms with Gasteiger partial charge < -0.3 is 18.9 Å². The first-order chi connectivity index (χ1) is 14.6. The van der Waals surface area contributed by atoms with Crippen LogP contribution in [0, 0.1) is 0 Å². The van der Waals surface area contributed by atoms with Crippen molar-refractivity contribution in [2.24, 2.45) is 0 Å². The first kappa shape index (κ1) is 18.7. The zero-order valence-corrected chi connectivity index (χ0v) is 17.0. The molecule has 1 aromatic heterocycles. The van der Waals surface area contributed by atoms with Gasteiger partial charge in [0.05, 0.1) is 5.92 Å². The Bertz CT molecular complexity index is 1070. The van der Waals surface area contributed by atoms with E-state index >= 15 is 0 Å². The average Bonchev–Trinajstić information content (AvgIpc) is 3.40. The van der Waals surface area contributed by atoms with Crippen LogP contribution in [0.5, 0.6) is 11.5 Å². The maximum Gasteiger partial charge on any atom is 0.232 e. The molecule has 1 atom stereocenters. The molecule has 154 valence electrons. The molecule has 1 saturated heterocycles. The molecule has 2 aliphatic heterocycles. The standard InChI is InChI=1S/C23H23N3O4/c1-14(2)15-3-5-16(6-4-15)22-24-23(30-25-22)17-11-21(27)26(13-17)18-7-8-19-20(12-18)29-10-9-28-19/h3-8,12,14,17H,9-11,13H2,1-2H3. The number of amides is 1. The van der Waals surface area contributed by atoms with Crippen molar-refractivity contribution in [3.8, 4) is 22.9 Å². The molecule has 3 aromatic rings. The highest BCUT2D eigenvalue weighted by Crippen LogP contribution is 2.37. The van der Waals surface area contributed by atoms with Crippen LogP contribution in [0.15, 0.2) is 47.0 Å². The average molecular weight is 405 g/mol. The molecule has 1 fully saturated rings.